The maximum Gasteiger partial charge on any atom is 0.131 e. The molecule has 4 heteroatoms. The number of anilines is 1. The lowest BCUT2D eigenvalue weighted by molar-refractivity contribution is 0.422. The van der Waals surface area contributed by atoms with E-state index in [2.05, 4.69) is 23.8 Å². The fourth-order valence-corrected chi connectivity index (χ4v) is 3.08. The van der Waals surface area contributed by atoms with E-state index in [4.69, 9.17) is 11.6 Å². The normalized spacial score (nSPS) is 20.6. The zero-order chi connectivity index (χ0) is 12.6. The van der Waals surface area contributed by atoms with Crippen LogP contribution in [0.3, 0.4) is 0 Å². The molecule has 1 aromatic rings. The first-order valence-corrected chi connectivity index (χ1v) is 6.91. The van der Waals surface area contributed by atoms with Gasteiger partial charge < -0.3 is 4.90 Å². The van der Waals surface area contributed by atoms with E-state index in [0.29, 0.717) is 5.88 Å². The molecule has 0 N–H and O–H groups in total. The van der Waals surface area contributed by atoms with Crippen LogP contribution in [0.1, 0.15) is 31.5 Å². The molecule has 1 atom stereocenters. The van der Waals surface area contributed by atoms with Gasteiger partial charge in [0.25, 0.3) is 0 Å². The lowest BCUT2D eigenvalue weighted by Crippen LogP contribution is -2.24. The number of alkyl halides is 1. The molecule has 1 saturated heterocycles. The minimum absolute atomic E-state index is 0.553. The molecule has 17 heavy (non-hydrogen) atoms. The number of nitrogens with zero attached hydrogens (tertiary/aromatic N) is 3. The molecular weight excluding hydrogens is 234 g/mol. The number of halogens is 1. The zero-order valence-electron chi connectivity index (χ0n) is 11.2. The van der Waals surface area contributed by atoms with E-state index in [1.54, 1.807) is 0 Å². The van der Waals surface area contributed by atoms with E-state index in [9.17, 15) is 0 Å². The van der Waals surface area contributed by atoms with Gasteiger partial charge in [-0.2, -0.15) is 5.10 Å². The zero-order valence-corrected chi connectivity index (χ0v) is 12.0. The summed E-state index contributed by atoms with van der Waals surface area (Å²) in [6, 6.07) is 0. The monoisotopic (exact) mass is 255 g/mol. The van der Waals surface area contributed by atoms with Crippen molar-refractivity contribution >= 4 is 17.4 Å². The first kappa shape index (κ1) is 12.7. The van der Waals surface area contributed by atoms with E-state index in [1.165, 1.54) is 17.8 Å². The van der Waals surface area contributed by atoms with Gasteiger partial charge in [-0.05, 0) is 25.2 Å². The highest BCUT2D eigenvalue weighted by Crippen LogP contribution is 2.32. The second-order valence-corrected chi connectivity index (χ2v) is 5.65. The van der Waals surface area contributed by atoms with Gasteiger partial charge in [-0.1, -0.05) is 13.8 Å². The van der Waals surface area contributed by atoms with E-state index >= 15 is 0 Å². The highest BCUT2D eigenvalue weighted by atomic mass is 35.5. The van der Waals surface area contributed by atoms with Crippen molar-refractivity contribution in [3.8, 4) is 0 Å². The third-order valence-corrected chi connectivity index (χ3v) is 4.18. The van der Waals surface area contributed by atoms with Crippen LogP contribution in [-0.2, 0) is 12.9 Å². The van der Waals surface area contributed by atoms with E-state index in [0.717, 1.165) is 30.6 Å². The molecule has 2 rings (SSSR count). The van der Waals surface area contributed by atoms with Gasteiger partial charge in [0, 0.05) is 25.7 Å². The number of hydrogen-bond donors (Lipinski definition) is 0. The van der Waals surface area contributed by atoms with Crippen LogP contribution in [0.15, 0.2) is 0 Å². The summed E-state index contributed by atoms with van der Waals surface area (Å²) in [4.78, 5) is 2.45. The first-order chi connectivity index (χ1) is 8.04. The minimum Gasteiger partial charge on any atom is -0.356 e. The maximum atomic E-state index is 6.05. The SMILES string of the molecule is Cc1nn(C)c(N2CCC(C(C)C)C2)c1CCl. The Morgan fingerprint density at radius 1 is 1.47 bits per heavy atom. The largest absolute Gasteiger partial charge is 0.356 e. The molecule has 0 radical (unpaired) electrons. The Labute approximate surface area is 109 Å². The molecule has 0 amide bonds. The molecule has 1 aromatic heterocycles. The molecule has 0 aromatic carbocycles. The van der Waals surface area contributed by atoms with Crippen molar-refractivity contribution in [1.29, 1.82) is 0 Å². The summed E-state index contributed by atoms with van der Waals surface area (Å²) < 4.78 is 1.98. The first-order valence-electron chi connectivity index (χ1n) is 6.38. The quantitative estimate of drug-likeness (QED) is 0.775. The van der Waals surface area contributed by atoms with Gasteiger partial charge >= 0.3 is 0 Å². The molecule has 1 aliphatic heterocycles. The highest BCUT2D eigenvalue weighted by Gasteiger charge is 2.28. The van der Waals surface area contributed by atoms with E-state index < -0.39 is 0 Å². The molecule has 96 valence electrons. The van der Waals surface area contributed by atoms with Crippen LogP contribution >= 0.6 is 11.6 Å². The summed E-state index contributed by atoms with van der Waals surface area (Å²) >= 11 is 6.05. The molecule has 0 bridgehead atoms. The Kier molecular flexibility index (Phi) is 3.67. The Morgan fingerprint density at radius 3 is 2.71 bits per heavy atom. The van der Waals surface area contributed by atoms with Crippen LogP contribution in [0.2, 0.25) is 0 Å². The van der Waals surface area contributed by atoms with Gasteiger partial charge in [0.2, 0.25) is 0 Å². The van der Waals surface area contributed by atoms with Crippen LogP contribution in [0, 0.1) is 18.8 Å². The molecule has 1 aliphatic rings. The third kappa shape index (κ3) is 2.30. The number of aryl methyl sites for hydroxylation is 2. The molecule has 1 fully saturated rings. The predicted octanol–water partition coefficient (Wildman–Crippen LogP) is 2.95. The van der Waals surface area contributed by atoms with Crippen molar-refractivity contribution in [3.05, 3.63) is 11.3 Å². The van der Waals surface area contributed by atoms with Crippen molar-refractivity contribution in [2.75, 3.05) is 18.0 Å². The van der Waals surface area contributed by atoms with Gasteiger partial charge in [-0.3, -0.25) is 4.68 Å². The Bertz CT molecular complexity index is 398. The van der Waals surface area contributed by atoms with Gasteiger partial charge in [-0.25, -0.2) is 0 Å². The summed E-state index contributed by atoms with van der Waals surface area (Å²) in [6.07, 6.45) is 1.28. The lowest BCUT2D eigenvalue weighted by Gasteiger charge is -2.21. The third-order valence-electron chi connectivity index (χ3n) is 3.91. The Morgan fingerprint density at radius 2 is 2.18 bits per heavy atom. The fraction of sp³-hybridized carbons (Fsp3) is 0.769. The van der Waals surface area contributed by atoms with Crippen molar-refractivity contribution in [1.82, 2.24) is 9.78 Å². The van der Waals surface area contributed by atoms with Gasteiger partial charge in [0.15, 0.2) is 0 Å². The van der Waals surface area contributed by atoms with Crippen LogP contribution in [-0.4, -0.2) is 22.9 Å². The summed E-state index contributed by atoms with van der Waals surface area (Å²) in [6.45, 7) is 8.93. The molecule has 2 heterocycles. The van der Waals surface area contributed by atoms with Crippen LogP contribution < -0.4 is 4.90 Å². The van der Waals surface area contributed by atoms with Crippen LogP contribution in [0.4, 0.5) is 5.82 Å². The van der Waals surface area contributed by atoms with Crippen molar-refractivity contribution < 1.29 is 0 Å². The molecule has 3 nitrogen and oxygen atoms in total. The molecule has 0 spiro atoms. The topological polar surface area (TPSA) is 21.1 Å². The Hall–Kier alpha value is -0.700. The average Bonchev–Trinajstić information content (AvgIpc) is 2.82. The summed E-state index contributed by atoms with van der Waals surface area (Å²) in [7, 11) is 2.01. The Balaban J connectivity index is 2.24. The molecule has 0 aliphatic carbocycles. The van der Waals surface area contributed by atoms with Gasteiger partial charge in [0.1, 0.15) is 5.82 Å². The smallest absolute Gasteiger partial charge is 0.131 e. The highest BCUT2D eigenvalue weighted by molar-refractivity contribution is 6.17. The second-order valence-electron chi connectivity index (χ2n) is 5.38. The number of hydrogen-bond acceptors (Lipinski definition) is 2. The van der Waals surface area contributed by atoms with Gasteiger partial charge in [-0.15, -0.1) is 11.6 Å². The average molecular weight is 256 g/mol. The van der Waals surface area contributed by atoms with Crippen molar-refractivity contribution in [3.63, 3.8) is 0 Å². The fourth-order valence-electron chi connectivity index (χ4n) is 2.77. The van der Waals surface area contributed by atoms with E-state index in [1.807, 2.05) is 18.7 Å². The minimum atomic E-state index is 0.553. The van der Waals surface area contributed by atoms with Crippen LogP contribution in [0.25, 0.3) is 0 Å². The second kappa shape index (κ2) is 4.89. The van der Waals surface area contributed by atoms with Crippen molar-refractivity contribution in [2.45, 2.75) is 33.1 Å². The maximum absolute atomic E-state index is 6.05. The van der Waals surface area contributed by atoms with Gasteiger partial charge in [0.05, 0.1) is 11.6 Å². The molecular formula is C13H22ClN3. The number of rotatable bonds is 3. The molecule has 1 unspecified atom stereocenters. The summed E-state index contributed by atoms with van der Waals surface area (Å²) in [5.74, 6) is 3.33. The molecule has 0 saturated carbocycles. The predicted molar refractivity (Wildman–Crippen MR) is 72.7 cm³/mol. The number of aromatic nitrogens is 2. The summed E-state index contributed by atoms with van der Waals surface area (Å²) in [5.41, 5.74) is 2.25. The van der Waals surface area contributed by atoms with Crippen molar-refractivity contribution in [2.24, 2.45) is 18.9 Å². The summed E-state index contributed by atoms with van der Waals surface area (Å²) in [5, 5.41) is 4.49. The standard InChI is InChI=1S/C13H22ClN3/c1-9(2)11-5-6-17(8-11)13-12(7-14)10(3)15-16(13)4/h9,11H,5-8H2,1-4H3. The van der Waals surface area contributed by atoms with Crippen LogP contribution in [0.5, 0.6) is 0 Å². The lowest BCUT2D eigenvalue weighted by atomic mass is 9.95. The van der Waals surface area contributed by atoms with E-state index in [-0.39, 0.29) is 0 Å².